The second-order valence-corrected chi connectivity index (χ2v) is 5.11. The molecule has 6 heteroatoms. The average molecular weight is 346 g/mol. The second kappa shape index (κ2) is 5.01. The lowest BCUT2D eigenvalue weighted by molar-refractivity contribution is -0.144. The van der Waals surface area contributed by atoms with Crippen molar-refractivity contribution in [1.82, 2.24) is 0 Å². The summed E-state index contributed by atoms with van der Waals surface area (Å²) >= 11 is 21.3. The van der Waals surface area contributed by atoms with Crippen molar-refractivity contribution in [2.24, 2.45) is 0 Å². The van der Waals surface area contributed by atoms with Crippen LogP contribution in [0.1, 0.15) is 5.56 Å². The minimum absolute atomic E-state index is 0.415. The summed E-state index contributed by atoms with van der Waals surface area (Å²) in [4.78, 5) is 0. The van der Waals surface area contributed by atoms with Gasteiger partial charge in [0.15, 0.2) is 0 Å². The topological polar surface area (TPSA) is 18.5 Å². The fraction of sp³-hybridized carbons (Fsp3) is 0.400. The van der Waals surface area contributed by atoms with Crippen LogP contribution >= 0.6 is 50.7 Å². The van der Waals surface area contributed by atoms with E-state index in [0.717, 1.165) is 0 Å². The Kier molecular flexibility index (Phi) is 4.05. The van der Waals surface area contributed by atoms with Crippen molar-refractivity contribution in [2.75, 3.05) is 18.5 Å². The number of hydrogen-bond acceptors (Lipinski definition) is 2. The lowest BCUT2D eigenvalue weighted by Crippen LogP contribution is -2.29. The first-order valence-electron chi connectivity index (χ1n) is 4.58. The third kappa shape index (κ3) is 2.22. The van der Waals surface area contributed by atoms with Crippen LogP contribution in [0.5, 0.6) is 0 Å². The van der Waals surface area contributed by atoms with Crippen molar-refractivity contribution in [3.05, 3.63) is 32.8 Å². The number of rotatable bonds is 2. The summed E-state index contributed by atoms with van der Waals surface area (Å²) in [5.41, 5.74) is 0.693. The zero-order chi connectivity index (χ0) is 11.8. The summed E-state index contributed by atoms with van der Waals surface area (Å²) in [6, 6.07) is 3.27. The Balaban J connectivity index is 2.50. The van der Waals surface area contributed by atoms with Gasteiger partial charge in [0, 0.05) is 5.56 Å². The molecule has 0 saturated carbocycles. The van der Waals surface area contributed by atoms with E-state index in [4.69, 9.17) is 44.3 Å². The highest BCUT2D eigenvalue weighted by Crippen LogP contribution is 2.40. The highest BCUT2D eigenvalue weighted by Gasteiger charge is 2.39. The van der Waals surface area contributed by atoms with E-state index in [1.165, 1.54) is 0 Å². The fourth-order valence-corrected chi connectivity index (χ4v) is 2.89. The van der Waals surface area contributed by atoms with Crippen LogP contribution in [0.25, 0.3) is 0 Å². The number of ether oxygens (including phenoxy) is 2. The molecule has 1 heterocycles. The van der Waals surface area contributed by atoms with Crippen molar-refractivity contribution in [1.29, 1.82) is 0 Å². The number of halogens is 4. The van der Waals surface area contributed by atoms with Crippen molar-refractivity contribution in [3.8, 4) is 0 Å². The molecule has 1 aliphatic rings. The highest BCUT2D eigenvalue weighted by atomic mass is 79.9. The normalized spacial score (nSPS) is 19.0. The van der Waals surface area contributed by atoms with Crippen LogP contribution in [0.2, 0.25) is 15.1 Å². The molecule has 1 fully saturated rings. The minimum atomic E-state index is -0.856. The SMILES string of the molecule is Clc1cc(Cl)c(C2(CBr)OCCO2)cc1Cl. The molecule has 1 aromatic rings. The quantitative estimate of drug-likeness (QED) is 0.589. The van der Waals surface area contributed by atoms with Gasteiger partial charge in [-0.25, -0.2) is 0 Å². The Hall–Kier alpha value is 0.490. The molecule has 16 heavy (non-hydrogen) atoms. The van der Waals surface area contributed by atoms with Gasteiger partial charge in [-0.1, -0.05) is 50.7 Å². The van der Waals surface area contributed by atoms with Gasteiger partial charge in [0.05, 0.1) is 33.6 Å². The maximum atomic E-state index is 6.13. The van der Waals surface area contributed by atoms with Gasteiger partial charge < -0.3 is 9.47 Å². The molecule has 0 spiro atoms. The molecule has 88 valence electrons. The molecule has 1 saturated heterocycles. The van der Waals surface area contributed by atoms with E-state index in [-0.39, 0.29) is 0 Å². The van der Waals surface area contributed by atoms with Gasteiger partial charge >= 0.3 is 0 Å². The van der Waals surface area contributed by atoms with Gasteiger partial charge in [-0.15, -0.1) is 0 Å². The maximum Gasteiger partial charge on any atom is 0.206 e. The van der Waals surface area contributed by atoms with E-state index < -0.39 is 5.79 Å². The van der Waals surface area contributed by atoms with E-state index in [1.807, 2.05) is 0 Å². The van der Waals surface area contributed by atoms with Gasteiger partial charge in [-0.3, -0.25) is 0 Å². The second-order valence-electron chi connectivity index (χ2n) is 3.33. The first-order chi connectivity index (χ1) is 7.59. The molecule has 1 aliphatic heterocycles. The van der Waals surface area contributed by atoms with Gasteiger partial charge in [0.1, 0.15) is 0 Å². The molecule has 2 rings (SSSR count). The van der Waals surface area contributed by atoms with E-state index in [0.29, 0.717) is 39.2 Å². The van der Waals surface area contributed by atoms with Crippen LogP contribution in [0.3, 0.4) is 0 Å². The number of benzene rings is 1. The first-order valence-corrected chi connectivity index (χ1v) is 6.83. The zero-order valence-electron chi connectivity index (χ0n) is 8.10. The molecular formula is C10H8BrCl3O2. The summed E-state index contributed by atoms with van der Waals surface area (Å²) in [7, 11) is 0. The predicted octanol–water partition coefficient (Wildman–Crippen LogP) is 4.24. The summed E-state index contributed by atoms with van der Waals surface area (Å²) in [5, 5.41) is 1.81. The monoisotopic (exact) mass is 344 g/mol. The van der Waals surface area contributed by atoms with Crippen LogP contribution < -0.4 is 0 Å². The van der Waals surface area contributed by atoms with E-state index >= 15 is 0 Å². The Morgan fingerprint density at radius 1 is 1.06 bits per heavy atom. The highest BCUT2D eigenvalue weighted by molar-refractivity contribution is 9.09. The third-order valence-corrected chi connectivity index (χ3v) is 4.12. The maximum absolute atomic E-state index is 6.13. The van der Waals surface area contributed by atoms with Crippen LogP contribution in [-0.4, -0.2) is 18.5 Å². The van der Waals surface area contributed by atoms with Crippen molar-refractivity contribution in [3.63, 3.8) is 0 Å². The molecule has 0 atom stereocenters. The molecule has 0 unspecified atom stereocenters. The van der Waals surface area contributed by atoms with Gasteiger partial charge in [0.25, 0.3) is 0 Å². The van der Waals surface area contributed by atoms with E-state index in [2.05, 4.69) is 15.9 Å². The van der Waals surface area contributed by atoms with Crippen LogP contribution in [0.4, 0.5) is 0 Å². The van der Waals surface area contributed by atoms with Crippen molar-refractivity contribution < 1.29 is 9.47 Å². The standard InChI is InChI=1S/C10H8BrCl3O2/c11-5-10(15-1-2-16-10)6-3-8(13)9(14)4-7(6)12/h3-4H,1-2,5H2. The summed E-state index contributed by atoms with van der Waals surface area (Å²) in [6.07, 6.45) is 0. The van der Waals surface area contributed by atoms with Gasteiger partial charge in [-0.2, -0.15) is 0 Å². The molecule has 1 aromatic carbocycles. The van der Waals surface area contributed by atoms with Crippen LogP contribution in [0.15, 0.2) is 12.1 Å². The smallest absolute Gasteiger partial charge is 0.206 e. The van der Waals surface area contributed by atoms with Crippen LogP contribution in [0, 0.1) is 0 Å². The largest absolute Gasteiger partial charge is 0.343 e. The molecule has 0 radical (unpaired) electrons. The molecule has 0 aromatic heterocycles. The molecule has 0 aliphatic carbocycles. The number of alkyl halides is 1. The summed E-state index contributed by atoms with van der Waals surface area (Å²) in [6.45, 7) is 1.06. The minimum Gasteiger partial charge on any atom is -0.343 e. The molecule has 2 nitrogen and oxygen atoms in total. The summed E-state index contributed by atoms with van der Waals surface area (Å²) in [5.74, 6) is -0.856. The lowest BCUT2D eigenvalue weighted by Gasteiger charge is -2.26. The molecular weight excluding hydrogens is 338 g/mol. The first kappa shape index (κ1) is 12.9. The molecule has 0 bridgehead atoms. The van der Waals surface area contributed by atoms with E-state index in [9.17, 15) is 0 Å². The predicted molar refractivity (Wildman–Crippen MR) is 68.8 cm³/mol. The van der Waals surface area contributed by atoms with E-state index in [1.54, 1.807) is 12.1 Å². The summed E-state index contributed by atoms with van der Waals surface area (Å²) < 4.78 is 11.2. The molecule has 0 N–H and O–H groups in total. The lowest BCUT2D eigenvalue weighted by atomic mass is 10.1. The van der Waals surface area contributed by atoms with Crippen LogP contribution in [-0.2, 0) is 15.3 Å². The molecule has 0 amide bonds. The zero-order valence-corrected chi connectivity index (χ0v) is 12.0. The van der Waals surface area contributed by atoms with Gasteiger partial charge in [-0.05, 0) is 12.1 Å². The fourth-order valence-electron chi connectivity index (χ4n) is 1.57. The average Bonchev–Trinajstić information content (AvgIpc) is 2.73. The Morgan fingerprint density at radius 3 is 2.19 bits per heavy atom. The van der Waals surface area contributed by atoms with Crippen molar-refractivity contribution in [2.45, 2.75) is 5.79 Å². The Bertz CT molecular complexity index is 405. The Morgan fingerprint density at radius 2 is 1.62 bits per heavy atom. The number of hydrogen-bond donors (Lipinski definition) is 0. The van der Waals surface area contributed by atoms with Gasteiger partial charge in [0.2, 0.25) is 5.79 Å². The van der Waals surface area contributed by atoms with Crippen molar-refractivity contribution >= 4 is 50.7 Å². The third-order valence-electron chi connectivity index (χ3n) is 2.35. The Labute approximate surface area is 117 Å².